The van der Waals surface area contributed by atoms with Gasteiger partial charge in [0.15, 0.2) is 5.96 Å². The fourth-order valence-corrected chi connectivity index (χ4v) is 7.63. The van der Waals surface area contributed by atoms with Crippen molar-refractivity contribution in [3.8, 4) is 0 Å². The first-order chi connectivity index (χ1) is 13.9. The number of nitrogens with one attached hydrogen (secondary N) is 1. The summed E-state index contributed by atoms with van der Waals surface area (Å²) in [5.74, 6) is 1.02. The standard InChI is InChI=1S/C21H36N4O2S2/c1-4-22-20(24-16-14-21(17-24)12-7-8-13-21)23-15-11-18-9-10-19(28-18)29(26,27)25(5-2)6-3/h9-10H,4-8,11-17H2,1-3H3,(H,22,23). The lowest BCUT2D eigenvalue weighted by atomic mass is 9.86. The minimum atomic E-state index is -3.36. The van der Waals surface area contributed by atoms with Crippen LogP contribution in [0.5, 0.6) is 0 Å². The molecule has 1 aromatic heterocycles. The number of hydrogen-bond acceptors (Lipinski definition) is 4. The highest BCUT2D eigenvalue weighted by atomic mass is 32.2. The van der Waals surface area contributed by atoms with Crippen LogP contribution in [0.25, 0.3) is 0 Å². The van der Waals surface area contributed by atoms with Crippen LogP contribution in [-0.4, -0.2) is 62.9 Å². The molecule has 0 radical (unpaired) electrons. The molecule has 1 N–H and O–H groups in total. The maximum Gasteiger partial charge on any atom is 0.252 e. The molecule has 1 spiro atoms. The normalized spacial score (nSPS) is 19.6. The van der Waals surface area contributed by atoms with Crippen molar-refractivity contribution in [2.24, 2.45) is 10.4 Å². The Bertz CT molecular complexity index is 793. The summed E-state index contributed by atoms with van der Waals surface area (Å²) in [6, 6.07) is 3.68. The van der Waals surface area contributed by atoms with Crippen molar-refractivity contribution < 1.29 is 8.42 Å². The van der Waals surface area contributed by atoms with Crippen LogP contribution in [0.2, 0.25) is 0 Å². The van der Waals surface area contributed by atoms with E-state index < -0.39 is 10.0 Å². The van der Waals surface area contributed by atoms with E-state index in [2.05, 4.69) is 17.1 Å². The van der Waals surface area contributed by atoms with Crippen molar-refractivity contribution in [3.63, 3.8) is 0 Å². The van der Waals surface area contributed by atoms with Gasteiger partial charge in [0.25, 0.3) is 10.0 Å². The summed E-state index contributed by atoms with van der Waals surface area (Å²) in [5.41, 5.74) is 0.525. The molecule has 1 aromatic rings. The number of rotatable bonds is 8. The molecule has 1 aliphatic carbocycles. The van der Waals surface area contributed by atoms with Crippen LogP contribution in [-0.2, 0) is 16.4 Å². The fourth-order valence-electron chi connectivity index (χ4n) is 4.67. The van der Waals surface area contributed by atoms with E-state index in [0.29, 0.717) is 29.3 Å². The van der Waals surface area contributed by atoms with E-state index in [1.807, 2.05) is 19.9 Å². The van der Waals surface area contributed by atoms with E-state index in [0.717, 1.165) is 36.9 Å². The Kier molecular flexibility index (Phi) is 7.62. The summed E-state index contributed by atoms with van der Waals surface area (Å²) in [6.07, 6.45) is 7.53. The van der Waals surface area contributed by atoms with Crippen LogP contribution in [0, 0.1) is 5.41 Å². The lowest BCUT2D eigenvalue weighted by Crippen LogP contribution is -2.41. The number of nitrogens with zero attached hydrogens (tertiary/aromatic N) is 3. The van der Waals surface area contributed by atoms with Gasteiger partial charge in [-0.15, -0.1) is 11.3 Å². The zero-order valence-electron chi connectivity index (χ0n) is 18.1. The van der Waals surface area contributed by atoms with Crippen LogP contribution in [0.1, 0.15) is 57.8 Å². The van der Waals surface area contributed by atoms with E-state index in [4.69, 9.17) is 4.99 Å². The Balaban J connectivity index is 1.61. The maximum absolute atomic E-state index is 12.7. The minimum Gasteiger partial charge on any atom is -0.357 e. The summed E-state index contributed by atoms with van der Waals surface area (Å²) >= 11 is 1.38. The van der Waals surface area contributed by atoms with Gasteiger partial charge in [-0.1, -0.05) is 26.7 Å². The Morgan fingerprint density at radius 2 is 1.93 bits per heavy atom. The van der Waals surface area contributed by atoms with Crippen LogP contribution in [0.4, 0.5) is 0 Å². The topological polar surface area (TPSA) is 65.0 Å². The highest BCUT2D eigenvalue weighted by Gasteiger charge is 2.41. The Labute approximate surface area is 180 Å². The van der Waals surface area contributed by atoms with Crippen LogP contribution < -0.4 is 5.32 Å². The summed E-state index contributed by atoms with van der Waals surface area (Å²) in [4.78, 5) is 8.37. The third kappa shape index (κ3) is 5.14. The first kappa shape index (κ1) is 22.6. The third-order valence-electron chi connectivity index (χ3n) is 6.29. The molecule has 2 heterocycles. The average Bonchev–Trinajstić information content (AvgIpc) is 3.44. The van der Waals surface area contributed by atoms with E-state index in [9.17, 15) is 8.42 Å². The molecule has 29 heavy (non-hydrogen) atoms. The summed E-state index contributed by atoms with van der Waals surface area (Å²) in [5, 5.41) is 3.45. The minimum absolute atomic E-state index is 0.440. The molecule has 0 aromatic carbocycles. The smallest absolute Gasteiger partial charge is 0.252 e. The number of thiophene rings is 1. The molecule has 164 valence electrons. The predicted molar refractivity (Wildman–Crippen MR) is 121 cm³/mol. The Hall–Kier alpha value is -1.12. The largest absolute Gasteiger partial charge is 0.357 e. The molecule has 0 amide bonds. The molecule has 0 bridgehead atoms. The second-order valence-electron chi connectivity index (χ2n) is 8.17. The first-order valence-electron chi connectivity index (χ1n) is 11.1. The molecule has 0 atom stereocenters. The summed E-state index contributed by atoms with van der Waals surface area (Å²) < 4.78 is 27.3. The van der Waals surface area contributed by atoms with Gasteiger partial charge in [-0.3, -0.25) is 4.99 Å². The van der Waals surface area contributed by atoms with Gasteiger partial charge < -0.3 is 10.2 Å². The van der Waals surface area contributed by atoms with E-state index in [-0.39, 0.29) is 0 Å². The van der Waals surface area contributed by atoms with Crippen molar-refractivity contribution in [2.75, 3.05) is 39.3 Å². The molecular formula is C21H36N4O2S2. The van der Waals surface area contributed by atoms with Crippen molar-refractivity contribution in [1.29, 1.82) is 0 Å². The van der Waals surface area contributed by atoms with Crippen molar-refractivity contribution in [1.82, 2.24) is 14.5 Å². The van der Waals surface area contributed by atoms with Gasteiger partial charge in [0.2, 0.25) is 0 Å². The van der Waals surface area contributed by atoms with Crippen LogP contribution in [0.3, 0.4) is 0 Å². The van der Waals surface area contributed by atoms with Gasteiger partial charge in [0.05, 0.1) is 0 Å². The molecule has 8 heteroatoms. The van der Waals surface area contributed by atoms with Gasteiger partial charge in [-0.2, -0.15) is 4.31 Å². The monoisotopic (exact) mass is 440 g/mol. The predicted octanol–water partition coefficient (Wildman–Crippen LogP) is 3.55. The van der Waals surface area contributed by atoms with E-state index >= 15 is 0 Å². The lowest BCUT2D eigenvalue weighted by molar-refractivity contribution is 0.309. The van der Waals surface area contributed by atoms with E-state index in [1.54, 1.807) is 6.07 Å². The number of aliphatic imine (C=N–C) groups is 1. The number of likely N-dealkylation sites (tertiary alicyclic amines) is 1. The third-order valence-corrected chi connectivity index (χ3v) is 9.96. The average molecular weight is 441 g/mol. The van der Waals surface area contributed by atoms with Gasteiger partial charge in [0, 0.05) is 50.6 Å². The molecule has 0 unspecified atom stereocenters. The molecule has 1 aliphatic heterocycles. The number of hydrogen-bond donors (Lipinski definition) is 1. The Morgan fingerprint density at radius 1 is 1.21 bits per heavy atom. The summed E-state index contributed by atoms with van der Waals surface area (Å²) in [7, 11) is -3.36. The second-order valence-corrected chi connectivity index (χ2v) is 11.5. The molecular weight excluding hydrogens is 404 g/mol. The SMILES string of the molecule is CCNC(=NCCc1ccc(S(=O)(=O)N(CC)CC)s1)N1CCC2(CCCC2)C1. The zero-order chi connectivity index (χ0) is 20.9. The molecule has 3 rings (SSSR count). The van der Waals surface area contributed by atoms with Gasteiger partial charge in [0.1, 0.15) is 4.21 Å². The van der Waals surface area contributed by atoms with E-state index in [1.165, 1.54) is 47.7 Å². The molecule has 1 saturated heterocycles. The fraction of sp³-hybridized carbons (Fsp3) is 0.762. The van der Waals surface area contributed by atoms with Crippen LogP contribution >= 0.6 is 11.3 Å². The quantitative estimate of drug-likeness (QED) is 0.496. The maximum atomic E-state index is 12.7. The zero-order valence-corrected chi connectivity index (χ0v) is 19.7. The van der Waals surface area contributed by atoms with Gasteiger partial charge >= 0.3 is 0 Å². The number of sulfonamides is 1. The molecule has 6 nitrogen and oxygen atoms in total. The highest BCUT2D eigenvalue weighted by Crippen LogP contribution is 2.45. The highest BCUT2D eigenvalue weighted by molar-refractivity contribution is 7.91. The first-order valence-corrected chi connectivity index (χ1v) is 13.3. The van der Waals surface area contributed by atoms with Crippen molar-refractivity contribution >= 4 is 27.3 Å². The lowest BCUT2D eigenvalue weighted by Gasteiger charge is -2.25. The second kappa shape index (κ2) is 9.79. The van der Waals surface area contributed by atoms with Gasteiger partial charge in [-0.05, 0) is 43.7 Å². The van der Waals surface area contributed by atoms with Gasteiger partial charge in [-0.25, -0.2) is 8.42 Å². The molecule has 2 aliphatic rings. The number of guanidine groups is 1. The van der Waals surface area contributed by atoms with Crippen molar-refractivity contribution in [3.05, 3.63) is 17.0 Å². The van der Waals surface area contributed by atoms with Crippen molar-refractivity contribution in [2.45, 2.75) is 63.5 Å². The Morgan fingerprint density at radius 3 is 2.59 bits per heavy atom. The summed E-state index contributed by atoms with van der Waals surface area (Å²) in [6.45, 7) is 10.6. The van der Waals surface area contributed by atoms with Crippen LogP contribution in [0.15, 0.2) is 21.3 Å². The molecule has 1 saturated carbocycles. The molecule has 2 fully saturated rings.